The standard InChI is InChI=1S/C17H22/c1-2-9-5-8(1)14-12-7-13(15(9)14)17-11-4-3-10(6-11)16(12)17/h1,9-17H,2-7H2. The van der Waals surface area contributed by atoms with Gasteiger partial charge in [0, 0.05) is 0 Å². The maximum Gasteiger partial charge on any atom is -0.0138 e. The molecule has 0 radical (unpaired) electrons. The van der Waals surface area contributed by atoms with Gasteiger partial charge in [-0.3, -0.25) is 0 Å². The molecule has 9 atom stereocenters. The Balaban J connectivity index is 1.50. The van der Waals surface area contributed by atoms with E-state index in [1.54, 1.807) is 25.7 Å². The van der Waals surface area contributed by atoms with Gasteiger partial charge in [0.1, 0.15) is 0 Å². The summed E-state index contributed by atoms with van der Waals surface area (Å²) in [6, 6.07) is 0. The second-order valence-electron chi connectivity index (χ2n) is 8.13. The minimum Gasteiger partial charge on any atom is -0.0847 e. The predicted molar refractivity (Wildman–Crippen MR) is 67.2 cm³/mol. The van der Waals surface area contributed by atoms with Gasteiger partial charge in [0.05, 0.1) is 0 Å². The number of allylic oxidation sites excluding steroid dienone is 2. The Hall–Kier alpha value is -0.260. The number of fused-ring (bicyclic) bond motifs is 16. The van der Waals surface area contributed by atoms with Crippen LogP contribution < -0.4 is 0 Å². The molecular weight excluding hydrogens is 204 g/mol. The quantitative estimate of drug-likeness (QED) is 0.434. The Morgan fingerprint density at radius 3 is 2.53 bits per heavy atom. The molecule has 0 heterocycles. The molecule has 6 bridgehead atoms. The van der Waals surface area contributed by atoms with Crippen molar-refractivity contribution in [3.05, 3.63) is 11.6 Å². The minimum atomic E-state index is 1.11. The fraction of sp³-hybridized carbons (Fsp3) is 0.882. The molecule has 0 spiro atoms. The third kappa shape index (κ3) is 0.780. The molecule has 0 saturated heterocycles. The van der Waals surface area contributed by atoms with E-state index < -0.39 is 0 Å². The van der Waals surface area contributed by atoms with Crippen molar-refractivity contribution in [2.45, 2.75) is 38.5 Å². The van der Waals surface area contributed by atoms with Gasteiger partial charge in [-0.15, -0.1) is 0 Å². The first-order valence-electron chi connectivity index (χ1n) is 8.11. The average Bonchev–Trinajstić information content (AvgIpc) is 3.14. The van der Waals surface area contributed by atoms with E-state index in [-0.39, 0.29) is 0 Å². The molecule has 9 unspecified atom stereocenters. The fourth-order valence-corrected chi connectivity index (χ4v) is 8.13. The van der Waals surface area contributed by atoms with Crippen LogP contribution >= 0.6 is 0 Å². The van der Waals surface area contributed by atoms with E-state index in [2.05, 4.69) is 6.08 Å². The first kappa shape index (κ1) is 8.77. The van der Waals surface area contributed by atoms with Gasteiger partial charge in [0.2, 0.25) is 0 Å². The third-order valence-corrected chi connectivity index (χ3v) is 8.10. The van der Waals surface area contributed by atoms with E-state index in [0.29, 0.717) is 0 Å². The summed E-state index contributed by atoms with van der Waals surface area (Å²) in [5, 5.41) is 0. The van der Waals surface area contributed by atoms with Crippen molar-refractivity contribution in [3.63, 3.8) is 0 Å². The lowest BCUT2D eigenvalue weighted by Crippen LogP contribution is -2.38. The van der Waals surface area contributed by atoms with E-state index in [0.717, 1.165) is 11.8 Å². The Labute approximate surface area is 104 Å². The van der Waals surface area contributed by atoms with Crippen molar-refractivity contribution >= 4 is 0 Å². The summed E-state index contributed by atoms with van der Waals surface area (Å²) in [6.07, 6.45) is 12.2. The van der Waals surface area contributed by atoms with Gasteiger partial charge >= 0.3 is 0 Å². The second-order valence-corrected chi connectivity index (χ2v) is 8.13. The van der Waals surface area contributed by atoms with Crippen molar-refractivity contribution in [3.8, 4) is 0 Å². The number of rotatable bonds is 0. The highest BCUT2D eigenvalue weighted by Gasteiger charge is 2.68. The lowest BCUT2D eigenvalue weighted by Gasteiger charge is -2.43. The first-order chi connectivity index (χ1) is 8.42. The zero-order chi connectivity index (χ0) is 10.7. The van der Waals surface area contributed by atoms with Gasteiger partial charge < -0.3 is 0 Å². The predicted octanol–water partition coefficient (Wildman–Crippen LogP) is 3.88. The summed E-state index contributed by atoms with van der Waals surface area (Å²) >= 11 is 0. The molecule has 0 amide bonds. The van der Waals surface area contributed by atoms with Crippen LogP contribution in [0.5, 0.6) is 0 Å². The fourth-order valence-electron chi connectivity index (χ4n) is 8.13. The van der Waals surface area contributed by atoms with Crippen molar-refractivity contribution in [2.24, 2.45) is 53.3 Å². The summed E-state index contributed by atoms with van der Waals surface area (Å²) in [7, 11) is 0. The molecule has 0 aromatic rings. The molecule has 17 heavy (non-hydrogen) atoms. The molecule has 6 aliphatic rings. The highest BCUT2D eigenvalue weighted by atomic mass is 14.7. The van der Waals surface area contributed by atoms with Crippen molar-refractivity contribution < 1.29 is 0 Å². The molecule has 6 aliphatic carbocycles. The van der Waals surface area contributed by atoms with E-state index >= 15 is 0 Å². The van der Waals surface area contributed by atoms with Crippen LogP contribution in [0.1, 0.15) is 38.5 Å². The van der Waals surface area contributed by atoms with Gasteiger partial charge in [0.15, 0.2) is 0 Å². The van der Waals surface area contributed by atoms with Gasteiger partial charge in [-0.1, -0.05) is 11.6 Å². The lowest BCUT2D eigenvalue weighted by atomic mass is 9.61. The highest BCUT2D eigenvalue weighted by Crippen LogP contribution is 2.75. The maximum atomic E-state index is 2.65. The monoisotopic (exact) mass is 226 g/mol. The van der Waals surface area contributed by atoms with E-state index in [1.807, 2.05) is 5.57 Å². The Bertz CT molecular complexity index is 433. The second kappa shape index (κ2) is 2.53. The SMILES string of the molecule is C1=C2CC(C1)C1C3CC(C21)C1C2CCC(C2)C31. The van der Waals surface area contributed by atoms with Gasteiger partial charge in [-0.05, 0) is 91.8 Å². The molecule has 0 aromatic carbocycles. The summed E-state index contributed by atoms with van der Waals surface area (Å²) in [5.74, 6) is 10.6. The van der Waals surface area contributed by atoms with Crippen molar-refractivity contribution in [2.75, 3.05) is 0 Å². The molecule has 5 saturated carbocycles. The summed E-state index contributed by atoms with van der Waals surface area (Å²) < 4.78 is 0. The van der Waals surface area contributed by atoms with E-state index in [4.69, 9.17) is 0 Å². The van der Waals surface area contributed by atoms with Crippen LogP contribution in [0, 0.1) is 53.3 Å². The Morgan fingerprint density at radius 1 is 0.824 bits per heavy atom. The molecule has 0 heteroatoms. The zero-order valence-corrected chi connectivity index (χ0v) is 10.5. The van der Waals surface area contributed by atoms with E-state index in [9.17, 15) is 0 Å². The van der Waals surface area contributed by atoms with Crippen molar-refractivity contribution in [1.29, 1.82) is 0 Å². The van der Waals surface area contributed by atoms with Crippen LogP contribution in [-0.2, 0) is 0 Å². The summed E-state index contributed by atoms with van der Waals surface area (Å²) in [5.41, 5.74) is 1.94. The topological polar surface area (TPSA) is 0 Å². The molecule has 5 fully saturated rings. The Morgan fingerprint density at radius 2 is 1.65 bits per heavy atom. The molecule has 0 aromatic heterocycles. The Kier molecular flexibility index (Phi) is 1.31. The minimum absolute atomic E-state index is 1.11. The lowest BCUT2D eigenvalue weighted by molar-refractivity contribution is 0.0602. The normalized spacial score (nSPS) is 68.7. The molecule has 6 rings (SSSR count). The molecular formula is C17H22. The molecule has 90 valence electrons. The molecule has 0 N–H and O–H groups in total. The largest absolute Gasteiger partial charge is 0.0847 e. The van der Waals surface area contributed by atoms with Gasteiger partial charge in [-0.25, -0.2) is 0 Å². The summed E-state index contributed by atoms with van der Waals surface area (Å²) in [4.78, 5) is 0. The molecule has 0 aliphatic heterocycles. The number of hydrogen-bond acceptors (Lipinski definition) is 0. The number of hydrogen-bond donors (Lipinski definition) is 0. The average molecular weight is 226 g/mol. The van der Waals surface area contributed by atoms with Crippen LogP contribution in [0.3, 0.4) is 0 Å². The third-order valence-electron chi connectivity index (χ3n) is 8.10. The first-order valence-corrected chi connectivity index (χ1v) is 8.11. The van der Waals surface area contributed by atoms with Gasteiger partial charge in [0.25, 0.3) is 0 Å². The maximum absolute atomic E-state index is 2.65. The zero-order valence-electron chi connectivity index (χ0n) is 10.5. The van der Waals surface area contributed by atoms with Gasteiger partial charge in [-0.2, -0.15) is 0 Å². The highest BCUT2D eigenvalue weighted by molar-refractivity contribution is 5.31. The van der Waals surface area contributed by atoms with E-state index in [1.165, 1.54) is 54.3 Å². The van der Waals surface area contributed by atoms with Crippen LogP contribution in [0.25, 0.3) is 0 Å². The smallest absolute Gasteiger partial charge is 0.0138 e. The van der Waals surface area contributed by atoms with Crippen LogP contribution in [0.15, 0.2) is 11.6 Å². The van der Waals surface area contributed by atoms with Crippen LogP contribution in [0.2, 0.25) is 0 Å². The van der Waals surface area contributed by atoms with Crippen LogP contribution in [-0.4, -0.2) is 0 Å². The van der Waals surface area contributed by atoms with Crippen LogP contribution in [0.4, 0.5) is 0 Å². The van der Waals surface area contributed by atoms with Crippen molar-refractivity contribution in [1.82, 2.24) is 0 Å². The molecule has 0 nitrogen and oxygen atoms in total. The summed E-state index contributed by atoms with van der Waals surface area (Å²) in [6.45, 7) is 0.